The van der Waals surface area contributed by atoms with Crippen molar-refractivity contribution in [3.8, 4) is 6.07 Å². The summed E-state index contributed by atoms with van der Waals surface area (Å²) in [6.07, 6.45) is 2.09. The minimum Gasteiger partial charge on any atom is -0.313 e. The van der Waals surface area contributed by atoms with Gasteiger partial charge in [0.25, 0.3) is 0 Å². The zero-order valence-electron chi connectivity index (χ0n) is 12.4. The molecular formula is C14H29N3. The molecule has 100 valence electrons. The molecule has 0 aromatic heterocycles. The Bertz CT molecular complexity index is 228. The van der Waals surface area contributed by atoms with E-state index in [0.717, 1.165) is 19.5 Å². The van der Waals surface area contributed by atoms with E-state index in [9.17, 15) is 0 Å². The van der Waals surface area contributed by atoms with Gasteiger partial charge in [-0.15, -0.1) is 0 Å². The van der Waals surface area contributed by atoms with Crippen molar-refractivity contribution in [1.29, 1.82) is 5.26 Å². The lowest BCUT2D eigenvalue weighted by Crippen LogP contribution is -2.40. The fraction of sp³-hybridized carbons (Fsp3) is 0.929. The summed E-state index contributed by atoms with van der Waals surface area (Å²) in [6.45, 7) is 10.5. The van der Waals surface area contributed by atoms with Crippen molar-refractivity contribution in [2.45, 2.75) is 46.6 Å². The van der Waals surface area contributed by atoms with Crippen molar-refractivity contribution in [2.75, 3.05) is 27.2 Å². The number of likely N-dealkylation sites (N-methyl/N-ethyl adjacent to an activating group) is 1. The average Bonchev–Trinajstić information content (AvgIpc) is 2.15. The van der Waals surface area contributed by atoms with Crippen molar-refractivity contribution in [1.82, 2.24) is 10.2 Å². The first kappa shape index (κ1) is 16.4. The summed E-state index contributed by atoms with van der Waals surface area (Å²) in [6, 6.07) is 2.87. The predicted molar refractivity (Wildman–Crippen MR) is 73.8 cm³/mol. The van der Waals surface area contributed by atoms with E-state index in [1.807, 2.05) is 13.8 Å². The fourth-order valence-electron chi connectivity index (χ4n) is 1.88. The molecule has 3 nitrogen and oxygen atoms in total. The number of rotatable bonds is 8. The molecule has 0 saturated carbocycles. The van der Waals surface area contributed by atoms with Gasteiger partial charge in [0.05, 0.1) is 11.5 Å². The second-order valence-electron chi connectivity index (χ2n) is 6.29. The second kappa shape index (κ2) is 7.68. The Kier molecular flexibility index (Phi) is 7.41. The molecule has 0 spiro atoms. The number of nitrogens with zero attached hydrogens (tertiary/aromatic N) is 2. The Labute approximate surface area is 107 Å². The highest BCUT2D eigenvalue weighted by molar-refractivity contribution is 4.92. The van der Waals surface area contributed by atoms with Gasteiger partial charge in [-0.1, -0.05) is 13.8 Å². The molecule has 0 bridgehead atoms. The quantitative estimate of drug-likeness (QED) is 0.707. The molecule has 17 heavy (non-hydrogen) atoms. The number of nitrogens with one attached hydrogen (secondary N) is 1. The van der Waals surface area contributed by atoms with Crippen LogP contribution < -0.4 is 5.32 Å². The summed E-state index contributed by atoms with van der Waals surface area (Å²) in [5.74, 6) is 0.705. The van der Waals surface area contributed by atoms with Gasteiger partial charge in [-0.3, -0.25) is 0 Å². The molecule has 0 heterocycles. The van der Waals surface area contributed by atoms with Gasteiger partial charge in [0.15, 0.2) is 0 Å². The van der Waals surface area contributed by atoms with Crippen LogP contribution in [0.3, 0.4) is 0 Å². The van der Waals surface area contributed by atoms with Crippen molar-refractivity contribution in [2.24, 2.45) is 11.3 Å². The molecule has 0 saturated heterocycles. The first-order chi connectivity index (χ1) is 7.76. The van der Waals surface area contributed by atoms with Crippen LogP contribution in [0.4, 0.5) is 0 Å². The van der Waals surface area contributed by atoms with Crippen LogP contribution in [0.25, 0.3) is 0 Å². The molecule has 0 amide bonds. The van der Waals surface area contributed by atoms with Crippen molar-refractivity contribution in [3.63, 3.8) is 0 Å². The summed E-state index contributed by atoms with van der Waals surface area (Å²) >= 11 is 0. The van der Waals surface area contributed by atoms with E-state index in [4.69, 9.17) is 5.26 Å². The molecule has 0 aliphatic rings. The van der Waals surface area contributed by atoms with Crippen LogP contribution in [0.15, 0.2) is 0 Å². The van der Waals surface area contributed by atoms with Gasteiger partial charge in [0, 0.05) is 12.6 Å². The van der Waals surface area contributed by atoms with Crippen molar-refractivity contribution >= 4 is 0 Å². The molecule has 0 aromatic carbocycles. The zero-order valence-corrected chi connectivity index (χ0v) is 12.4. The van der Waals surface area contributed by atoms with Crippen molar-refractivity contribution in [3.05, 3.63) is 0 Å². The number of hydrogen-bond donors (Lipinski definition) is 1. The molecule has 0 rings (SSSR count). The lowest BCUT2D eigenvalue weighted by molar-refractivity contribution is 0.296. The summed E-state index contributed by atoms with van der Waals surface area (Å²) in [7, 11) is 4.21. The molecule has 0 aromatic rings. The van der Waals surface area contributed by atoms with Crippen LogP contribution in [-0.4, -0.2) is 38.1 Å². The SMILES string of the molecule is CC(C)CC(CN(C)C)NCCC(C)(C)C#N. The highest BCUT2D eigenvalue weighted by Gasteiger charge is 2.17. The van der Waals surface area contributed by atoms with Gasteiger partial charge in [-0.25, -0.2) is 0 Å². The first-order valence-corrected chi connectivity index (χ1v) is 6.56. The second-order valence-corrected chi connectivity index (χ2v) is 6.29. The average molecular weight is 239 g/mol. The van der Waals surface area contributed by atoms with Gasteiger partial charge >= 0.3 is 0 Å². The van der Waals surface area contributed by atoms with Gasteiger partial charge in [-0.05, 0) is 53.2 Å². The van der Waals surface area contributed by atoms with E-state index in [0.29, 0.717) is 12.0 Å². The predicted octanol–water partition coefficient (Wildman–Crippen LogP) is 2.49. The number of nitriles is 1. The van der Waals surface area contributed by atoms with Crippen LogP contribution in [0.5, 0.6) is 0 Å². The maximum atomic E-state index is 8.96. The van der Waals surface area contributed by atoms with Crippen LogP contribution >= 0.6 is 0 Å². The van der Waals surface area contributed by atoms with E-state index in [-0.39, 0.29) is 5.41 Å². The minimum absolute atomic E-state index is 0.215. The van der Waals surface area contributed by atoms with Gasteiger partial charge < -0.3 is 10.2 Å². The molecule has 0 aliphatic heterocycles. The van der Waals surface area contributed by atoms with Crippen molar-refractivity contribution < 1.29 is 0 Å². The van der Waals surface area contributed by atoms with Gasteiger partial charge in [0.1, 0.15) is 0 Å². The minimum atomic E-state index is -0.215. The lowest BCUT2D eigenvalue weighted by atomic mass is 9.91. The summed E-state index contributed by atoms with van der Waals surface area (Å²) < 4.78 is 0. The molecule has 0 aliphatic carbocycles. The highest BCUT2D eigenvalue weighted by Crippen LogP contribution is 2.17. The molecule has 3 heteroatoms. The normalized spacial score (nSPS) is 14.1. The van der Waals surface area contributed by atoms with Gasteiger partial charge in [0.2, 0.25) is 0 Å². The van der Waals surface area contributed by atoms with E-state index in [1.165, 1.54) is 6.42 Å². The summed E-state index contributed by atoms with van der Waals surface area (Å²) in [5, 5.41) is 12.5. The maximum absolute atomic E-state index is 8.96. The van der Waals surface area contributed by atoms with Crippen LogP contribution in [-0.2, 0) is 0 Å². The molecular weight excluding hydrogens is 210 g/mol. The first-order valence-electron chi connectivity index (χ1n) is 6.56. The van der Waals surface area contributed by atoms with Crippen LogP contribution in [0, 0.1) is 22.7 Å². The lowest BCUT2D eigenvalue weighted by Gasteiger charge is -2.25. The maximum Gasteiger partial charge on any atom is 0.0684 e. The smallest absolute Gasteiger partial charge is 0.0684 e. The van der Waals surface area contributed by atoms with E-state index >= 15 is 0 Å². The Hall–Kier alpha value is -0.590. The Balaban J connectivity index is 4.04. The monoisotopic (exact) mass is 239 g/mol. The third kappa shape index (κ3) is 9.14. The van der Waals surface area contributed by atoms with E-state index in [2.05, 4.69) is 44.2 Å². The van der Waals surface area contributed by atoms with Crippen LogP contribution in [0.1, 0.15) is 40.5 Å². The third-order valence-corrected chi connectivity index (χ3v) is 2.83. The molecule has 0 fully saturated rings. The van der Waals surface area contributed by atoms with E-state index < -0.39 is 0 Å². The largest absolute Gasteiger partial charge is 0.313 e. The third-order valence-electron chi connectivity index (χ3n) is 2.83. The topological polar surface area (TPSA) is 39.1 Å². The number of hydrogen-bond acceptors (Lipinski definition) is 3. The fourth-order valence-corrected chi connectivity index (χ4v) is 1.88. The molecule has 1 atom stereocenters. The summed E-state index contributed by atoms with van der Waals surface area (Å²) in [4.78, 5) is 2.22. The van der Waals surface area contributed by atoms with Gasteiger partial charge in [-0.2, -0.15) is 5.26 Å². The molecule has 0 radical (unpaired) electrons. The Morgan fingerprint density at radius 2 is 1.88 bits per heavy atom. The van der Waals surface area contributed by atoms with E-state index in [1.54, 1.807) is 0 Å². The Morgan fingerprint density at radius 1 is 1.29 bits per heavy atom. The molecule has 1 N–H and O–H groups in total. The standard InChI is InChI=1S/C14H29N3/c1-12(2)9-13(10-17(5)6)16-8-7-14(3,4)11-15/h12-13,16H,7-10H2,1-6H3. The highest BCUT2D eigenvalue weighted by atomic mass is 15.1. The zero-order chi connectivity index (χ0) is 13.5. The Morgan fingerprint density at radius 3 is 2.29 bits per heavy atom. The molecule has 1 unspecified atom stereocenters. The summed E-state index contributed by atoms with van der Waals surface area (Å²) in [5.41, 5.74) is -0.215. The van der Waals surface area contributed by atoms with Crippen LogP contribution in [0.2, 0.25) is 0 Å².